The van der Waals surface area contributed by atoms with E-state index in [0.29, 0.717) is 6.42 Å². The molecule has 1 rings (SSSR count). The number of methoxy groups -OCH3 is 1. The Kier molecular flexibility index (Phi) is 6.89. The Morgan fingerprint density at radius 3 is 2.26 bits per heavy atom. The van der Waals surface area contributed by atoms with Crippen LogP contribution in [-0.2, 0) is 33.4 Å². The van der Waals surface area contributed by atoms with Crippen LogP contribution in [0.4, 0.5) is 0 Å². The lowest BCUT2D eigenvalue weighted by atomic mass is 9.93. The lowest BCUT2D eigenvalue weighted by molar-refractivity contribution is -0.166. The Hall–Kier alpha value is -2.22. The van der Waals surface area contributed by atoms with E-state index >= 15 is 0 Å². The molecule has 1 aliphatic heterocycles. The molecule has 1 heterocycles. The van der Waals surface area contributed by atoms with E-state index < -0.39 is 17.4 Å². The number of nitrogens with zero attached hydrogens (tertiary/aromatic N) is 1. The van der Waals surface area contributed by atoms with Crippen molar-refractivity contribution in [2.24, 2.45) is 5.41 Å². The molecule has 8 nitrogen and oxygen atoms in total. The molecule has 0 N–H and O–H groups in total. The summed E-state index contributed by atoms with van der Waals surface area (Å²) in [6.07, 6.45) is 2.72. The lowest BCUT2D eigenvalue weighted by Crippen LogP contribution is -2.39. The molecule has 0 aromatic heterocycles. The smallest absolute Gasteiger partial charge is 0.317 e. The number of hydrogen-bond acceptors (Lipinski definition) is 7. The van der Waals surface area contributed by atoms with E-state index in [1.165, 1.54) is 26.2 Å². The number of esters is 2. The van der Waals surface area contributed by atoms with Crippen molar-refractivity contribution in [1.82, 2.24) is 4.90 Å². The zero-order chi connectivity index (χ0) is 17.5. The molecule has 0 aliphatic carbocycles. The van der Waals surface area contributed by atoms with Gasteiger partial charge in [0.05, 0.1) is 13.2 Å². The number of carbonyl (C=O) groups excluding carboxylic acids is 4. The van der Waals surface area contributed by atoms with Gasteiger partial charge in [-0.3, -0.25) is 24.1 Å². The van der Waals surface area contributed by atoms with Crippen molar-refractivity contribution in [3.63, 3.8) is 0 Å². The van der Waals surface area contributed by atoms with Crippen LogP contribution in [0.3, 0.4) is 0 Å². The summed E-state index contributed by atoms with van der Waals surface area (Å²) in [6.45, 7) is 2.90. The number of amides is 2. The highest BCUT2D eigenvalue weighted by Crippen LogP contribution is 2.20. The van der Waals surface area contributed by atoms with Gasteiger partial charge in [0.15, 0.2) is 0 Å². The van der Waals surface area contributed by atoms with Crippen molar-refractivity contribution in [2.45, 2.75) is 20.3 Å². The summed E-state index contributed by atoms with van der Waals surface area (Å²) in [5.74, 6) is -1.82. The molecule has 0 radical (unpaired) electrons. The van der Waals surface area contributed by atoms with Crippen LogP contribution in [0.25, 0.3) is 0 Å². The highest BCUT2D eigenvalue weighted by Gasteiger charge is 2.36. The van der Waals surface area contributed by atoms with Gasteiger partial charge in [-0.05, 0) is 13.3 Å². The maximum Gasteiger partial charge on any atom is 0.317 e. The van der Waals surface area contributed by atoms with Crippen LogP contribution in [0.2, 0.25) is 0 Å². The van der Waals surface area contributed by atoms with Crippen LogP contribution in [0, 0.1) is 5.41 Å². The van der Waals surface area contributed by atoms with Gasteiger partial charge >= 0.3 is 11.9 Å². The Morgan fingerprint density at radius 2 is 1.74 bits per heavy atom. The van der Waals surface area contributed by atoms with Crippen LogP contribution in [0.15, 0.2) is 12.2 Å². The molecule has 8 heteroatoms. The average molecular weight is 327 g/mol. The predicted molar refractivity (Wildman–Crippen MR) is 78.1 cm³/mol. The fourth-order valence-corrected chi connectivity index (χ4v) is 1.95. The van der Waals surface area contributed by atoms with Crippen molar-refractivity contribution in [1.29, 1.82) is 0 Å². The molecule has 1 unspecified atom stereocenters. The molecule has 0 aromatic carbocycles. The molecule has 0 spiro atoms. The Labute approximate surface area is 134 Å². The summed E-state index contributed by atoms with van der Waals surface area (Å²) in [5.41, 5.74) is -1.11. The maximum absolute atomic E-state index is 12.1. The zero-order valence-electron chi connectivity index (χ0n) is 13.5. The minimum absolute atomic E-state index is 0.0339. The number of rotatable bonds is 9. The van der Waals surface area contributed by atoms with Gasteiger partial charge in [0.25, 0.3) is 11.8 Å². The SMILES string of the molecule is COCC(C)(COC(C)=O)C(=O)OCCCN1C(=O)C=CC1=O. The Balaban J connectivity index is 2.41. The van der Waals surface area contributed by atoms with Crippen LogP contribution >= 0.6 is 0 Å². The highest BCUT2D eigenvalue weighted by atomic mass is 16.6. The summed E-state index contributed by atoms with van der Waals surface area (Å²) >= 11 is 0. The van der Waals surface area contributed by atoms with Gasteiger partial charge in [-0.15, -0.1) is 0 Å². The van der Waals surface area contributed by atoms with Crippen molar-refractivity contribution in [3.8, 4) is 0 Å². The van der Waals surface area contributed by atoms with Crippen molar-refractivity contribution in [3.05, 3.63) is 12.2 Å². The average Bonchev–Trinajstić information content (AvgIpc) is 2.81. The largest absolute Gasteiger partial charge is 0.465 e. The van der Waals surface area contributed by atoms with Gasteiger partial charge in [0.2, 0.25) is 0 Å². The third-order valence-electron chi connectivity index (χ3n) is 3.21. The second kappa shape index (κ2) is 8.42. The van der Waals surface area contributed by atoms with Gasteiger partial charge in [0.1, 0.15) is 12.0 Å². The Bertz CT molecular complexity index is 496. The number of hydrogen-bond donors (Lipinski definition) is 0. The summed E-state index contributed by atoms with van der Waals surface area (Å²) < 4.78 is 15.0. The molecule has 0 fully saturated rings. The molecule has 0 bridgehead atoms. The summed E-state index contributed by atoms with van der Waals surface area (Å²) in [4.78, 5) is 46.8. The summed E-state index contributed by atoms with van der Waals surface area (Å²) in [6, 6.07) is 0. The summed E-state index contributed by atoms with van der Waals surface area (Å²) in [7, 11) is 1.43. The third-order valence-corrected chi connectivity index (χ3v) is 3.21. The van der Waals surface area contributed by atoms with E-state index in [0.717, 1.165) is 4.90 Å². The van der Waals surface area contributed by atoms with Crippen LogP contribution in [0.1, 0.15) is 20.3 Å². The second-order valence-corrected chi connectivity index (χ2v) is 5.42. The fraction of sp³-hybridized carbons (Fsp3) is 0.600. The second-order valence-electron chi connectivity index (χ2n) is 5.42. The van der Waals surface area contributed by atoms with E-state index in [9.17, 15) is 19.2 Å². The standard InChI is InChI=1S/C15H21NO7/c1-11(17)23-10-15(2,9-21-3)14(20)22-8-4-7-16-12(18)5-6-13(16)19/h5-6H,4,7-10H2,1-3H3. The first-order valence-corrected chi connectivity index (χ1v) is 7.13. The van der Waals surface area contributed by atoms with Gasteiger partial charge in [0, 0.05) is 32.7 Å². The minimum Gasteiger partial charge on any atom is -0.465 e. The van der Waals surface area contributed by atoms with E-state index in [1.54, 1.807) is 6.92 Å². The first-order chi connectivity index (χ1) is 10.8. The van der Waals surface area contributed by atoms with Crippen molar-refractivity contribution in [2.75, 3.05) is 33.5 Å². The normalized spacial score (nSPS) is 16.4. The molecule has 1 aliphatic rings. The maximum atomic E-state index is 12.1. The zero-order valence-corrected chi connectivity index (χ0v) is 13.5. The van der Waals surface area contributed by atoms with Gasteiger partial charge < -0.3 is 14.2 Å². The van der Waals surface area contributed by atoms with E-state index in [1.807, 2.05) is 0 Å². The molecule has 0 saturated carbocycles. The van der Waals surface area contributed by atoms with E-state index in [2.05, 4.69) is 0 Å². The van der Waals surface area contributed by atoms with E-state index in [-0.39, 0.29) is 38.2 Å². The molecule has 2 amide bonds. The first-order valence-electron chi connectivity index (χ1n) is 7.13. The minimum atomic E-state index is -1.11. The van der Waals surface area contributed by atoms with Gasteiger partial charge in [-0.1, -0.05) is 0 Å². The lowest BCUT2D eigenvalue weighted by Gasteiger charge is -2.26. The first kappa shape index (κ1) is 18.8. The van der Waals surface area contributed by atoms with Gasteiger partial charge in [-0.25, -0.2) is 0 Å². The monoisotopic (exact) mass is 327 g/mol. The molecule has 0 saturated heterocycles. The number of ether oxygens (including phenoxy) is 3. The Morgan fingerprint density at radius 1 is 1.13 bits per heavy atom. The molecule has 23 heavy (non-hydrogen) atoms. The topological polar surface area (TPSA) is 99.2 Å². The van der Waals surface area contributed by atoms with Crippen molar-refractivity contribution < 1.29 is 33.4 Å². The number of imide groups is 1. The molecule has 128 valence electrons. The highest BCUT2D eigenvalue weighted by molar-refractivity contribution is 6.12. The number of carbonyl (C=O) groups is 4. The summed E-state index contributed by atoms with van der Waals surface area (Å²) in [5, 5.41) is 0. The quantitative estimate of drug-likeness (QED) is 0.335. The van der Waals surface area contributed by atoms with Crippen LogP contribution in [0.5, 0.6) is 0 Å². The third kappa shape index (κ3) is 5.48. The predicted octanol–water partition coefficient (Wildman–Crippen LogP) is 0.0605. The molecule has 0 aromatic rings. The van der Waals surface area contributed by atoms with E-state index in [4.69, 9.17) is 14.2 Å². The van der Waals surface area contributed by atoms with Crippen LogP contribution < -0.4 is 0 Å². The molecular formula is C15H21NO7. The van der Waals surface area contributed by atoms with Gasteiger partial charge in [-0.2, -0.15) is 0 Å². The molecular weight excluding hydrogens is 306 g/mol. The fourth-order valence-electron chi connectivity index (χ4n) is 1.95. The van der Waals surface area contributed by atoms with Crippen LogP contribution in [-0.4, -0.2) is 62.1 Å². The van der Waals surface area contributed by atoms with Crippen molar-refractivity contribution >= 4 is 23.8 Å². The molecule has 1 atom stereocenters.